The minimum atomic E-state index is -0.804. The van der Waals surface area contributed by atoms with E-state index in [2.05, 4.69) is 81.5 Å². The van der Waals surface area contributed by atoms with Gasteiger partial charge >= 0.3 is 17.9 Å². The quantitative estimate of drug-likeness (QED) is 0.0221. The summed E-state index contributed by atoms with van der Waals surface area (Å²) < 4.78 is 16.5. The zero-order valence-electron chi connectivity index (χ0n) is 31.7. The molecule has 0 N–H and O–H groups in total. The predicted molar refractivity (Wildman–Crippen MR) is 205 cm³/mol. The second-order valence-corrected chi connectivity index (χ2v) is 12.9. The van der Waals surface area contributed by atoms with Crippen LogP contribution in [-0.4, -0.2) is 37.2 Å². The minimum Gasteiger partial charge on any atom is -0.462 e. The summed E-state index contributed by atoms with van der Waals surface area (Å²) in [4.78, 5) is 37.4. The summed E-state index contributed by atoms with van der Waals surface area (Å²) in [5.74, 6) is -1.01. The highest BCUT2D eigenvalue weighted by Crippen LogP contribution is 2.10. The molecule has 1 unspecified atom stereocenters. The minimum absolute atomic E-state index is 0.109. The summed E-state index contributed by atoms with van der Waals surface area (Å²) in [6.07, 6.45) is 43.6. The number of hydrogen-bond acceptors (Lipinski definition) is 6. The van der Waals surface area contributed by atoms with Gasteiger partial charge in [0.25, 0.3) is 0 Å². The van der Waals surface area contributed by atoms with Gasteiger partial charge in [-0.1, -0.05) is 139 Å². The zero-order chi connectivity index (χ0) is 35.9. The van der Waals surface area contributed by atoms with E-state index in [-0.39, 0.29) is 37.5 Å². The lowest BCUT2D eigenvalue weighted by Crippen LogP contribution is -2.30. The SMILES string of the molecule is CCCC/C=C\C=C/CCCCCC(=O)OCC(COC(=O)CCC/C=C\CCCCCC)OC(=O)CCCCC/C=C\C=C/CCCC. The van der Waals surface area contributed by atoms with Crippen molar-refractivity contribution in [1.29, 1.82) is 0 Å². The van der Waals surface area contributed by atoms with Gasteiger partial charge in [0.1, 0.15) is 13.2 Å². The number of ether oxygens (including phenoxy) is 3. The molecule has 49 heavy (non-hydrogen) atoms. The van der Waals surface area contributed by atoms with Crippen molar-refractivity contribution in [2.45, 2.75) is 181 Å². The molecule has 6 heteroatoms. The van der Waals surface area contributed by atoms with Crippen LogP contribution < -0.4 is 0 Å². The molecule has 0 aliphatic rings. The molecule has 0 bridgehead atoms. The summed E-state index contributed by atoms with van der Waals surface area (Å²) in [7, 11) is 0. The molecule has 0 amide bonds. The Balaban J connectivity index is 4.52. The van der Waals surface area contributed by atoms with E-state index >= 15 is 0 Å². The van der Waals surface area contributed by atoms with Gasteiger partial charge in [-0.3, -0.25) is 14.4 Å². The highest BCUT2D eigenvalue weighted by atomic mass is 16.6. The van der Waals surface area contributed by atoms with Gasteiger partial charge in [-0.15, -0.1) is 0 Å². The first kappa shape index (κ1) is 46.1. The monoisotopic (exact) mass is 685 g/mol. The molecule has 0 aromatic rings. The van der Waals surface area contributed by atoms with Crippen molar-refractivity contribution in [3.05, 3.63) is 60.8 Å². The van der Waals surface area contributed by atoms with Gasteiger partial charge in [0.2, 0.25) is 0 Å². The van der Waals surface area contributed by atoms with Crippen molar-refractivity contribution in [2.24, 2.45) is 0 Å². The smallest absolute Gasteiger partial charge is 0.306 e. The van der Waals surface area contributed by atoms with E-state index < -0.39 is 6.10 Å². The predicted octanol–water partition coefficient (Wildman–Crippen LogP) is 12.2. The van der Waals surface area contributed by atoms with E-state index in [1.54, 1.807) is 0 Å². The number of esters is 3. The summed E-state index contributed by atoms with van der Waals surface area (Å²) in [5, 5.41) is 0. The lowest BCUT2D eigenvalue weighted by atomic mass is 10.1. The molecule has 6 nitrogen and oxygen atoms in total. The van der Waals surface area contributed by atoms with Crippen LogP contribution in [0.3, 0.4) is 0 Å². The molecule has 0 spiro atoms. The first-order valence-electron chi connectivity index (χ1n) is 19.8. The first-order valence-corrected chi connectivity index (χ1v) is 19.8. The van der Waals surface area contributed by atoms with Gasteiger partial charge in [-0.25, -0.2) is 0 Å². The molecule has 0 aliphatic heterocycles. The third-order valence-corrected chi connectivity index (χ3v) is 8.02. The third kappa shape index (κ3) is 36.2. The summed E-state index contributed by atoms with van der Waals surface area (Å²) >= 11 is 0. The number of unbranched alkanes of at least 4 members (excludes halogenated alkanes) is 15. The molecule has 0 heterocycles. The zero-order valence-corrected chi connectivity index (χ0v) is 31.7. The van der Waals surface area contributed by atoms with Crippen molar-refractivity contribution in [2.75, 3.05) is 13.2 Å². The van der Waals surface area contributed by atoms with Crippen LogP contribution in [0.5, 0.6) is 0 Å². The molecule has 0 saturated heterocycles. The van der Waals surface area contributed by atoms with Gasteiger partial charge in [0.05, 0.1) is 0 Å². The fourth-order valence-corrected chi connectivity index (χ4v) is 4.93. The van der Waals surface area contributed by atoms with Crippen LogP contribution in [0.4, 0.5) is 0 Å². The fourth-order valence-electron chi connectivity index (χ4n) is 4.93. The lowest BCUT2D eigenvalue weighted by molar-refractivity contribution is -0.167. The number of rotatable bonds is 34. The molecular weight excluding hydrogens is 612 g/mol. The Bertz CT molecular complexity index is 929. The molecule has 1 atom stereocenters. The van der Waals surface area contributed by atoms with Crippen molar-refractivity contribution < 1.29 is 28.6 Å². The Labute approximate surface area is 300 Å². The van der Waals surface area contributed by atoms with E-state index in [1.807, 2.05) is 0 Å². The average Bonchev–Trinajstić information content (AvgIpc) is 3.10. The van der Waals surface area contributed by atoms with Crippen LogP contribution in [0.25, 0.3) is 0 Å². The Hall–Kier alpha value is -2.89. The lowest BCUT2D eigenvalue weighted by Gasteiger charge is -2.18. The van der Waals surface area contributed by atoms with Crippen LogP contribution in [0.1, 0.15) is 175 Å². The Morgan fingerprint density at radius 3 is 1.24 bits per heavy atom. The molecule has 0 aromatic carbocycles. The van der Waals surface area contributed by atoms with E-state index in [9.17, 15) is 14.4 Å². The summed E-state index contributed by atoms with van der Waals surface area (Å²) in [5.41, 5.74) is 0. The molecule has 0 fully saturated rings. The third-order valence-electron chi connectivity index (χ3n) is 8.02. The molecule has 0 rings (SSSR count). The average molecular weight is 685 g/mol. The molecule has 0 aliphatic carbocycles. The van der Waals surface area contributed by atoms with Crippen molar-refractivity contribution in [3.63, 3.8) is 0 Å². The maximum absolute atomic E-state index is 12.6. The topological polar surface area (TPSA) is 78.9 Å². The van der Waals surface area contributed by atoms with Crippen LogP contribution in [-0.2, 0) is 28.6 Å². The maximum atomic E-state index is 12.6. The van der Waals surface area contributed by atoms with Gasteiger partial charge in [0.15, 0.2) is 6.10 Å². The molecular formula is C43H72O6. The molecule has 0 saturated carbocycles. The van der Waals surface area contributed by atoms with Crippen molar-refractivity contribution in [3.8, 4) is 0 Å². The normalized spacial score (nSPS) is 12.6. The fraction of sp³-hybridized carbons (Fsp3) is 0.698. The van der Waals surface area contributed by atoms with E-state index in [0.29, 0.717) is 19.3 Å². The second kappa shape index (κ2) is 37.9. The molecule has 280 valence electrons. The highest BCUT2D eigenvalue weighted by Gasteiger charge is 2.19. The Morgan fingerprint density at radius 2 is 0.776 bits per heavy atom. The standard InChI is InChI=1S/C43H72O6/c1-4-7-10-13-16-19-21-24-27-30-33-36-42(45)48-39-40(38-47-41(44)35-32-29-26-23-18-15-12-9-6-3)49-43(46)37-34-31-28-25-22-20-17-14-11-8-5-2/h13-14,16-17,19-23,26,40H,4-12,15,18,24-25,27-39H2,1-3H3/b16-13-,17-14-,21-19-,22-20-,26-23-. The Morgan fingerprint density at radius 1 is 0.408 bits per heavy atom. The Kier molecular flexibility index (Phi) is 35.7. The van der Waals surface area contributed by atoms with E-state index in [1.165, 1.54) is 51.4 Å². The summed E-state index contributed by atoms with van der Waals surface area (Å²) in [6, 6.07) is 0. The number of allylic oxidation sites excluding steroid dienone is 10. The van der Waals surface area contributed by atoms with Crippen molar-refractivity contribution in [1.82, 2.24) is 0 Å². The van der Waals surface area contributed by atoms with Gasteiger partial charge in [-0.2, -0.15) is 0 Å². The van der Waals surface area contributed by atoms with Crippen LogP contribution in [0, 0.1) is 0 Å². The maximum Gasteiger partial charge on any atom is 0.306 e. The van der Waals surface area contributed by atoms with Crippen LogP contribution in [0.2, 0.25) is 0 Å². The number of hydrogen-bond donors (Lipinski definition) is 0. The molecule has 0 radical (unpaired) electrons. The summed E-state index contributed by atoms with van der Waals surface area (Å²) in [6.45, 7) is 6.38. The second-order valence-electron chi connectivity index (χ2n) is 12.9. The van der Waals surface area contributed by atoms with Gasteiger partial charge in [-0.05, 0) is 77.0 Å². The largest absolute Gasteiger partial charge is 0.462 e. The van der Waals surface area contributed by atoms with Crippen LogP contribution in [0.15, 0.2) is 60.8 Å². The van der Waals surface area contributed by atoms with Crippen molar-refractivity contribution >= 4 is 17.9 Å². The highest BCUT2D eigenvalue weighted by molar-refractivity contribution is 5.71. The number of carbonyl (C=O) groups is 3. The van der Waals surface area contributed by atoms with Crippen LogP contribution >= 0.6 is 0 Å². The van der Waals surface area contributed by atoms with E-state index in [4.69, 9.17) is 14.2 Å². The molecule has 0 aromatic heterocycles. The van der Waals surface area contributed by atoms with E-state index in [0.717, 1.165) is 77.0 Å². The first-order chi connectivity index (χ1) is 24.0. The number of carbonyl (C=O) groups excluding carboxylic acids is 3. The van der Waals surface area contributed by atoms with Gasteiger partial charge < -0.3 is 14.2 Å². The van der Waals surface area contributed by atoms with Gasteiger partial charge in [0, 0.05) is 19.3 Å².